The Labute approximate surface area is 122 Å². The number of carbonyl (C=O) groups is 1. The molecule has 1 heterocycles. The fourth-order valence-electron chi connectivity index (χ4n) is 2.13. The third-order valence-corrected chi connectivity index (χ3v) is 4.45. The Kier molecular flexibility index (Phi) is 4.35. The lowest BCUT2D eigenvalue weighted by molar-refractivity contribution is -0.120. The summed E-state index contributed by atoms with van der Waals surface area (Å²) in [6.45, 7) is 0.556. The van der Waals surface area contributed by atoms with Crippen molar-refractivity contribution >= 4 is 36.5 Å². The van der Waals surface area contributed by atoms with Gasteiger partial charge in [-0.25, -0.2) is 8.42 Å². The van der Waals surface area contributed by atoms with Gasteiger partial charge in [0.1, 0.15) is 4.90 Å². The number of rotatable bonds is 5. The highest BCUT2D eigenvalue weighted by molar-refractivity contribution is 8.14. The largest absolute Gasteiger partial charge is 0.359 e. The van der Waals surface area contributed by atoms with Gasteiger partial charge in [0.25, 0.3) is 9.05 Å². The lowest BCUT2D eigenvalue weighted by Crippen LogP contribution is -2.17. The van der Waals surface area contributed by atoms with E-state index in [9.17, 15) is 13.2 Å². The van der Waals surface area contributed by atoms with Gasteiger partial charge in [0.2, 0.25) is 5.91 Å². The number of aromatic nitrogens is 1. The number of fused-ring (bicyclic) bond motifs is 1. The Morgan fingerprint density at radius 3 is 2.70 bits per heavy atom. The van der Waals surface area contributed by atoms with Crippen LogP contribution in [0, 0.1) is 0 Å². The number of aryl methyl sites for hydroxylation is 1. The van der Waals surface area contributed by atoms with Crippen LogP contribution in [0.4, 0.5) is 0 Å². The van der Waals surface area contributed by atoms with Crippen LogP contribution < -0.4 is 5.32 Å². The molecule has 2 aromatic rings. The van der Waals surface area contributed by atoms with E-state index >= 15 is 0 Å². The number of hydrogen-bond acceptors (Lipinski definition) is 3. The maximum absolute atomic E-state index is 11.6. The molecule has 0 aliphatic heterocycles. The second kappa shape index (κ2) is 5.85. The van der Waals surface area contributed by atoms with Crippen LogP contribution in [-0.4, -0.2) is 25.9 Å². The van der Waals surface area contributed by atoms with Crippen LogP contribution in [0.1, 0.15) is 12.8 Å². The van der Waals surface area contributed by atoms with Crippen molar-refractivity contribution in [3.63, 3.8) is 0 Å². The summed E-state index contributed by atoms with van der Waals surface area (Å²) >= 11 is 0. The molecular weight excluding hydrogens is 300 g/mol. The number of hydrogen-bond donors (Lipinski definition) is 1. The van der Waals surface area contributed by atoms with Gasteiger partial charge in [-0.3, -0.25) is 4.79 Å². The summed E-state index contributed by atoms with van der Waals surface area (Å²) in [6, 6.07) is 7.16. The molecule has 7 heteroatoms. The lowest BCUT2D eigenvalue weighted by atomic mass is 10.2. The van der Waals surface area contributed by atoms with Gasteiger partial charge in [0.15, 0.2) is 0 Å². The number of benzene rings is 1. The first-order chi connectivity index (χ1) is 9.43. The van der Waals surface area contributed by atoms with Crippen molar-refractivity contribution in [1.82, 2.24) is 9.88 Å². The first kappa shape index (κ1) is 14.9. The average molecular weight is 315 g/mol. The first-order valence-corrected chi connectivity index (χ1v) is 8.47. The van der Waals surface area contributed by atoms with Crippen molar-refractivity contribution in [2.45, 2.75) is 24.3 Å². The van der Waals surface area contributed by atoms with Gasteiger partial charge in [0, 0.05) is 47.8 Å². The Balaban J connectivity index is 2.32. The minimum atomic E-state index is -3.78. The third-order valence-electron chi connectivity index (χ3n) is 3.10. The molecule has 0 aliphatic carbocycles. The van der Waals surface area contributed by atoms with Crippen molar-refractivity contribution < 1.29 is 13.2 Å². The van der Waals surface area contributed by atoms with E-state index in [1.54, 1.807) is 19.2 Å². The van der Waals surface area contributed by atoms with Crippen molar-refractivity contribution in [3.8, 4) is 0 Å². The van der Waals surface area contributed by atoms with Gasteiger partial charge in [-0.15, -0.1) is 0 Å². The molecule has 0 saturated heterocycles. The Morgan fingerprint density at radius 2 is 2.05 bits per heavy atom. The zero-order chi connectivity index (χ0) is 14.8. The molecule has 0 saturated carbocycles. The van der Waals surface area contributed by atoms with Crippen molar-refractivity contribution in [2.24, 2.45) is 0 Å². The summed E-state index contributed by atoms with van der Waals surface area (Å²) < 4.78 is 25.0. The minimum Gasteiger partial charge on any atom is -0.359 e. The highest BCUT2D eigenvalue weighted by Gasteiger charge is 2.18. The minimum absolute atomic E-state index is 0.0355. The number of nitrogens with zero attached hydrogens (tertiary/aromatic N) is 1. The Bertz CT molecular complexity index is 737. The van der Waals surface area contributed by atoms with Gasteiger partial charge in [-0.2, -0.15) is 0 Å². The predicted octanol–water partition coefficient (Wildman–Crippen LogP) is 2.09. The third kappa shape index (κ3) is 3.13. The highest BCUT2D eigenvalue weighted by Crippen LogP contribution is 2.28. The van der Waals surface area contributed by atoms with Gasteiger partial charge in [-0.1, -0.05) is 18.2 Å². The predicted molar refractivity (Wildman–Crippen MR) is 78.3 cm³/mol. The van der Waals surface area contributed by atoms with Crippen molar-refractivity contribution in [1.29, 1.82) is 0 Å². The molecule has 5 nitrogen and oxygen atoms in total. The van der Waals surface area contributed by atoms with E-state index in [-0.39, 0.29) is 10.8 Å². The van der Waals surface area contributed by atoms with E-state index in [2.05, 4.69) is 5.32 Å². The molecule has 2 rings (SSSR count). The summed E-state index contributed by atoms with van der Waals surface area (Å²) in [5.41, 5.74) is 0.795. The molecule has 0 fully saturated rings. The topological polar surface area (TPSA) is 68.2 Å². The molecule has 0 unspecified atom stereocenters. The number of nitrogens with one attached hydrogen (secondary N) is 1. The molecule has 0 aliphatic rings. The molecule has 1 N–H and O–H groups in total. The molecule has 0 radical (unpaired) electrons. The fraction of sp³-hybridized carbons (Fsp3) is 0.308. The molecule has 0 spiro atoms. The highest BCUT2D eigenvalue weighted by atomic mass is 35.7. The fourth-order valence-corrected chi connectivity index (χ4v) is 3.18. The molecule has 0 atom stereocenters. The normalized spacial score (nSPS) is 11.7. The second-order valence-electron chi connectivity index (χ2n) is 4.42. The summed E-state index contributed by atoms with van der Waals surface area (Å²) in [6.07, 6.45) is 2.54. The molecule has 108 valence electrons. The smallest absolute Gasteiger partial charge is 0.263 e. The van der Waals surface area contributed by atoms with E-state index in [4.69, 9.17) is 10.7 Å². The number of amides is 1. The molecule has 0 bridgehead atoms. The Hall–Kier alpha value is -1.53. The quantitative estimate of drug-likeness (QED) is 0.859. The summed E-state index contributed by atoms with van der Waals surface area (Å²) in [5.74, 6) is -0.0355. The van der Waals surface area contributed by atoms with Crippen molar-refractivity contribution in [2.75, 3.05) is 7.05 Å². The van der Waals surface area contributed by atoms with Crippen LogP contribution in [0.2, 0.25) is 0 Å². The second-order valence-corrected chi connectivity index (χ2v) is 6.95. The first-order valence-electron chi connectivity index (χ1n) is 6.16. The lowest BCUT2D eigenvalue weighted by Gasteiger charge is -2.04. The summed E-state index contributed by atoms with van der Waals surface area (Å²) in [4.78, 5) is 11.3. The standard InChI is InChI=1S/C13H15ClN2O3S/c1-15-13(17)7-4-8-16-9-12(20(14,18)19)10-5-2-3-6-11(10)16/h2-3,5-6,9H,4,7-8H2,1H3,(H,15,17). The van der Waals surface area contributed by atoms with Gasteiger partial charge >= 0.3 is 0 Å². The molecule has 1 aromatic carbocycles. The van der Waals surface area contributed by atoms with Crippen LogP contribution in [0.15, 0.2) is 35.4 Å². The molecular formula is C13H15ClN2O3S. The number of para-hydroxylation sites is 1. The van der Waals surface area contributed by atoms with Crippen molar-refractivity contribution in [3.05, 3.63) is 30.5 Å². The average Bonchev–Trinajstić information content (AvgIpc) is 2.78. The van der Waals surface area contributed by atoms with Gasteiger partial charge < -0.3 is 9.88 Å². The zero-order valence-corrected chi connectivity index (χ0v) is 12.5. The zero-order valence-electron chi connectivity index (χ0n) is 11.0. The van der Waals surface area contributed by atoms with Crippen LogP contribution >= 0.6 is 10.7 Å². The monoisotopic (exact) mass is 314 g/mol. The van der Waals surface area contributed by atoms with E-state index in [1.807, 2.05) is 16.7 Å². The number of carbonyl (C=O) groups excluding carboxylic acids is 1. The molecule has 1 aromatic heterocycles. The van der Waals surface area contributed by atoms with E-state index in [1.165, 1.54) is 6.20 Å². The SMILES string of the molecule is CNC(=O)CCCn1cc(S(=O)(=O)Cl)c2ccccc21. The van der Waals surface area contributed by atoms with Crippen LogP contribution in [0.3, 0.4) is 0 Å². The number of halogens is 1. The summed E-state index contributed by atoms with van der Waals surface area (Å²) in [7, 11) is 3.26. The Morgan fingerprint density at radius 1 is 1.35 bits per heavy atom. The van der Waals surface area contributed by atoms with Gasteiger partial charge in [0.05, 0.1) is 0 Å². The van der Waals surface area contributed by atoms with E-state index in [0.29, 0.717) is 24.8 Å². The maximum atomic E-state index is 11.6. The van der Waals surface area contributed by atoms with Crippen LogP contribution in [0.25, 0.3) is 10.9 Å². The molecule has 1 amide bonds. The maximum Gasteiger partial charge on any atom is 0.263 e. The van der Waals surface area contributed by atoms with E-state index in [0.717, 1.165) is 5.52 Å². The summed E-state index contributed by atoms with van der Waals surface area (Å²) in [5, 5.41) is 3.15. The van der Waals surface area contributed by atoms with E-state index < -0.39 is 9.05 Å². The van der Waals surface area contributed by atoms with Crippen LogP contribution in [0.5, 0.6) is 0 Å². The van der Waals surface area contributed by atoms with Crippen LogP contribution in [-0.2, 0) is 20.4 Å². The molecule has 20 heavy (non-hydrogen) atoms. The van der Waals surface area contributed by atoms with Gasteiger partial charge in [-0.05, 0) is 12.5 Å².